The van der Waals surface area contributed by atoms with Gasteiger partial charge in [0, 0.05) is 0 Å². The van der Waals surface area contributed by atoms with Crippen LogP contribution >= 0.6 is 0 Å². The molecular formula is C8H16O. The van der Waals surface area contributed by atoms with Gasteiger partial charge in [-0.3, -0.25) is 0 Å². The summed E-state index contributed by atoms with van der Waals surface area (Å²) in [6.45, 7) is 6.36. The highest BCUT2D eigenvalue weighted by atomic mass is 16.3. The highest BCUT2D eigenvalue weighted by Crippen LogP contribution is 2.42. The van der Waals surface area contributed by atoms with Crippen LogP contribution in [0.25, 0.3) is 0 Å². The zero-order valence-corrected chi connectivity index (χ0v) is 6.46. The van der Waals surface area contributed by atoms with Crippen molar-refractivity contribution >= 4 is 0 Å². The van der Waals surface area contributed by atoms with Crippen LogP contribution in [-0.4, -0.2) is 11.2 Å². The SMILES string of the molecule is CC(C)C(O)C1CC1C. The van der Waals surface area contributed by atoms with Crippen LogP contribution in [0.15, 0.2) is 0 Å². The lowest BCUT2D eigenvalue weighted by molar-refractivity contribution is 0.0986. The van der Waals surface area contributed by atoms with Crippen molar-refractivity contribution in [2.45, 2.75) is 33.3 Å². The smallest absolute Gasteiger partial charge is 0.0593 e. The molecule has 9 heavy (non-hydrogen) atoms. The van der Waals surface area contributed by atoms with Crippen molar-refractivity contribution in [3.8, 4) is 0 Å². The maximum Gasteiger partial charge on any atom is 0.0593 e. The van der Waals surface area contributed by atoms with E-state index in [1.54, 1.807) is 0 Å². The van der Waals surface area contributed by atoms with Crippen LogP contribution in [0.5, 0.6) is 0 Å². The Morgan fingerprint density at radius 1 is 1.44 bits per heavy atom. The Hall–Kier alpha value is -0.0400. The molecule has 1 aliphatic carbocycles. The van der Waals surface area contributed by atoms with Crippen molar-refractivity contribution in [2.75, 3.05) is 0 Å². The standard InChI is InChI=1S/C8H16O/c1-5(2)8(9)7-4-6(7)3/h5-9H,4H2,1-3H3. The number of hydrogen-bond donors (Lipinski definition) is 1. The summed E-state index contributed by atoms with van der Waals surface area (Å²) in [6, 6.07) is 0. The largest absolute Gasteiger partial charge is 0.393 e. The Bertz CT molecular complexity index is 98.7. The van der Waals surface area contributed by atoms with Crippen molar-refractivity contribution < 1.29 is 5.11 Å². The summed E-state index contributed by atoms with van der Waals surface area (Å²) >= 11 is 0. The zero-order valence-electron chi connectivity index (χ0n) is 6.46. The topological polar surface area (TPSA) is 20.2 Å². The third-order valence-corrected chi connectivity index (χ3v) is 2.29. The van der Waals surface area contributed by atoms with Crippen molar-refractivity contribution in [3.63, 3.8) is 0 Å². The number of hydrogen-bond acceptors (Lipinski definition) is 1. The molecule has 1 fully saturated rings. The molecule has 0 bridgehead atoms. The van der Waals surface area contributed by atoms with Crippen LogP contribution in [0.3, 0.4) is 0 Å². The molecule has 0 heterocycles. The Morgan fingerprint density at radius 3 is 2.00 bits per heavy atom. The molecule has 0 radical (unpaired) electrons. The van der Waals surface area contributed by atoms with E-state index in [9.17, 15) is 5.11 Å². The van der Waals surface area contributed by atoms with Gasteiger partial charge in [0.1, 0.15) is 0 Å². The molecule has 0 aromatic rings. The van der Waals surface area contributed by atoms with Gasteiger partial charge in [0.2, 0.25) is 0 Å². The third-order valence-electron chi connectivity index (χ3n) is 2.29. The van der Waals surface area contributed by atoms with Crippen LogP contribution in [0, 0.1) is 17.8 Å². The monoisotopic (exact) mass is 128 g/mol. The number of aliphatic hydroxyl groups excluding tert-OH is 1. The Labute approximate surface area is 57.1 Å². The van der Waals surface area contributed by atoms with Crippen LogP contribution in [0.1, 0.15) is 27.2 Å². The van der Waals surface area contributed by atoms with Gasteiger partial charge in [0.05, 0.1) is 6.10 Å². The predicted octanol–water partition coefficient (Wildman–Crippen LogP) is 1.66. The maximum absolute atomic E-state index is 9.44. The van der Waals surface area contributed by atoms with Gasteiger partial charge in [-0.15, -0.1) is 0 Å². The van der Waals surface area contributed by atoms with Crippen LogP contribution in [0.2, 0.25) is 0 Å². The summed E-state index contributed by atoms with van der Waals surface area (Å²) in [5, 5.41) is 9.44. The van der Waals surface area contributed by atoms with E-state index in [0.717, 1.165) is 5.92 Å². The van der Waals surface area contributed by atoms with Crippen molar-refractivity contribution in [2.24, 2.45) is 17.8 Å². The predicted molar refractivity (Wildman–Crippen MR) is 38.1 cm³/mol. The highest BCUT2D eigenvalue weighted by Gasteiger charge is 2.39. The van der Waals surface area contributed by atoms with Gasteiger partial charge >= 0.3 is 0 Å². The van der Waals surface area contributed by atoms with Crippen LogP contribution in [0.4, 0.5) is 0 Å². The van der Waals surface area contributed by atoms with Gasteiger partial charge in [0.25, 0.3) is 0 Å². The van der Waals surface area contributed by atoms with Gasteiger partial charge in [-0.1, -0.05) is 20.8 Å². The first-order chi connectivity index (χ1) is 4.13. The molecule has 54 valence electrons. The van der Waals surface area contributed by atoms with E-state index in [1.165, 1.54) is 6.42 Å². The lowest BCUT2D eigenvalue weighted by Crippen LogP contribution is -2.17. The molecule has 3 atom stereocenters. The lowest BCUT2D eigenvalue weighted by Gasteiger charge is -2.12. The fourth-order valence-electron chi connectivity index (χ4n) is 1.32. The van der Waals surface area contributed by atoms with Crippen molar-refractivity contribution in [3.05, 3.63) is 0 Å². The van der Waals surface area contributed by atoms with Gasteiger partial charge in [-0.05, 0) is 24.2 Å². The Kier molecular flexibility index (Phi) is 1.80. The average molecular weight is 128 g/mol. The molecule has 1 nitrogen and oxygen atoms in total. The zero-order chi connectivity index (χ0) is 7.02. The number of aliphatic hydroxyl groups is 1. The van der Waals surface area contributed by atoms with Gasteiger partial charge in [0.15, 0.2) is 0 Å². The molecule has 0 spiro atoms. The fraction of sp³-hybridized carbons (Fsp3) is 1.00. The van der Waals surface area contributed by atoms with E-state index in [-0.39, 0.29) is 6.10 Å². The minimum atomic E-state index is -0.0417. The quantitative estimate of drug-likeness (QED) is 0.599. The summed E-state index contributed by atoms with van der Waals surface area (Å²) in [4.78, 5) is 0. The summed E-state index contributed by atoms with van der Waals surface area (Å²) in [7, 11) is 0. The lowest BCUT2D eigenvalue weighted by atomic mass is 10.0. The molecule has 1 saturated carbocycles. The molecular weight excluding hydrogens is 112 g/mol. The van der Waals surface area contributed by atoms with Gasteiger partial charge < -0.3 is 5.11 Å². The molecule has 0 aromatic heterocycles. The fourth-order valence-corrected chi connectivity index (χ4v) is 1.32. The summed E-state index contributed by atoms with van der Waals surface area (Å²) in [6.07, 6.45) is 1.19. The Morgan fingerprint density at radius 2 is 1.89 bits per heavy atom. The van der Waals surface area contributed by atoms with Crippen molar-refractivity contribution in [1.29, 1.82) is 0 Å². The molecule has 0 amide bonds. The second-order valence-electron chi connectivity index (χ2n) is 3.61. The maximum atomic E-state index is 9.44. The minimum absolute atomic E-state index is 0.0417. The first-order valence-corrected chi connectivity index (χ1v) is 3.81. The normalized spacial score (nSPS) is 37.0. The van der Waals surface area contributed by atoms with E-state index in [1.807, 2.05) is 0 Å². The highest BCUT2D eigenvalue weighted by molar-refractivity contribution is 4.89. The van der Waals surface area contributed by atoms with Gasteiger partial charge in [-0.2, -0.15) is 0 Å². The van der Waals surface area contributed by atoms with E-state index in [4.69, 9.17) is 0 Å². The molecule has 0 saturated heterocycles. The summed E-state index contributed by atoms with van der Waals surface area (Å²) < 4.78 is 0. The molecule has 1 aliphatic rings. The number of rotatable bonds is 2. The molecule has 3 unspecified atom stereocenters. The second-order valence-corrected chi connectivity index (χ2v) is 3.61. The molecule has 0 aliphatic heterocycles. The van der Waals surface area contributed by atoms with Crippen molar-refractivity contribution in [1.82, 2.24) is 0 Å². The molecule has 1 heteroatoms. The van der Waals surface area contributed by atoms with E-state index >= 15 is 0 Å². The summed E-state index contributed by atoms with van der Waals surface area (Å²) in [5.74, 6) is 1.84. The van der Waals surface area contributed by atoms with Crippen LogP contribution < -0.4 is 0 Å². The van der Waals surface area contributed by atoms with Gasteiger partial charge in [-0.25, -0.2) is 0 Å². The van der Waals surface area contributed by atoms with E-state index in [2.05, 4.69) is 20.8 Å². The molecule has 1 N–H and O–H groups in total. The first-order valence-electron chi connectivity index (χ1n) is 3.81. The average Bonchev–Trinajstić information content (AvgIpc) is 2.44. The minimum Gasteiger partial charge on any atom is -0.393 e. The van der Waals surface area contributed by atoms with Crippen LogP contribution in [-0.2, 0) is 0 Å². The van der Waals surface area contributed by atoms with E-state index < -0.39 is 0 Å². The summed E-state index contributed by atoms with van der Waals surface area (Å²) in [5.41, 5.74) is 0. The molecule has 0 aromatic carbocycles. The Balaban J connectivity index is 2.27. The first kappa shape index (κ1) is 7.07. The molecule has 1 rings (SSSR count). The third kappa shape index (κ3) is 1.45. The second kappa shape index (κ2) is 2.30. The van der Waals surface area contributed by atoms with E-state index in [0.29, 0.717) is 11.8 Å².